The minimum absolute atomic E-state index is 0.138. The van der Waals surface area contributed by atoms with Gasteiger partial charge in [0.2, 0.25) is 11.8 Å². The fourth-order valence-electron chi connectivity index (χ4n) is 4.92. The van der Waals surface area contributed by atoms with Gasteiger partial charge in [0.1, 0.15) is 11.6 Å². The van der Waals surface area contributed by atoms with Crippen LogP contribution >= 0.6 is 11.6 Å². The number of anilines is 1. The Labute approximate surface area is 229 Å². The van der Waals surface area contributed by atoms with E-state index in [-0.39, 0.29) is 11.8 Å². The normalized spacial score (nSPS) is 16.9. The van der Waals surface area contributed by atoms with Gasteiger partial charge in [0, 0.05) is 62.8 Å². The molecule has 4 rings (SSSR count). The van der Waals surface area contributed by atoms with E-state index in [1.165, 1.54) is 0 Å². The predicted octanol–water partition coefficient (Wildman–Crippen LogP) is 4.25. The van der Waals surface area contributed by atoms with E-state index in [2.05, 4.69) is 22.3 Å². The maximum atomic E-state index is 13.6. The highest BCUT2D eigenvalue weighted by molar-refractivity contribution is 6.30. The van der Waals surface area contributed by atoms with E-state index < -0.39 is 17.7 Å². The van der Waals surface area contributed by atoms with Crippen LogP contribution in [0.2, 0.25) is 5.02 Å². The predicted molar refractivity (Wildman–Crippen MR) is 148 cm³/mol. The molecule has 0 bridgehead atoms. The van der Waals surface area contributed by atoms with Crippen LogP contribution in [0, 0.1) is 0 Å². The summed E-state index contributed by atoms with van der Waals surface area (Å²) in [4.78, 5) is 44.4. The minimum atomic E-state index is -0.758. The molecule has 0 spiro atoms. The Kier molecular flexibility index (Phi) is 8.82. The van der Waals surface area contributed by atoms with Crippen LogP contribution in [-0.2, 0) is 27.3 Å². The first-order valence-corrected chi connectivity index (χ1v) is 13.6. The molecule has 1 N–H and O–H groups in total. The summed E-state index contributed by atoms with van der Waals surface area (Å²) in [6.07, 6.45) is 1.25. The molecule has 2 aliphatic rings. The second kappa shape index (κ2) is 12.1. The number of carbonyl (C=O) groups is 3. The zero-order valence-corrected chi connectivity index (χ0v) is 23.2. The van der Waals surface area contributed by atoms with Crippen molar-refractivity contribution in [2.45, 2.75) is 58.2 Å². The molecular formula is C29H37ClN4O4. The molecule has 0 unspecified atom stereocenters. The average Bonchev–Trinajstić information content (AvgIpc) is 3.28. The van der Waals surface area contributed by atoms with E-state index >= 15 is 0 Å². The summed E-state index contributed by atoms with van der Waals surface area (Å²) >= 11 is 6.03. The summed E-state index contributed by atoms with van der Waals surface area (Å²) in [7, 11) is 0. The molecule has 0 aliphatic carbocycles. The molecule has 0 aromatic heterocycles. The molecule has 204 valence electrons. The Hall–Kier alpha value is -3.26. The second-order valence-corrected chi connectivity index (χ2v) is 11.3. The van der Waals surface area contributed by atoms with Crippen molar-refractivity contribution in [2.24, 2.45) is 0 Å². The van der Waals surface area contributed by atoms with Crippen LogP contribution in [0.25, 0.3) is 0 Å². The number of carbonyl (C=O) groups excluding carboxylic acids is 3. The summed E-state index contributed by atoms with van der Waals surface area (Å²) in [5.74, 6) is 0.0702. The molecule has 2 heterocycles. The highest BCUT2D eigenvalue weighted by Crippen LogP contribution is 2.25. The Morgan fingerprint density at radius 1 is 1.00 bits per heavy atom. The number of hydrogen-bond acceptors (Lipinski definition) is 5. The van der Waals surface area contributed by atoms with Crippen LogP contribution < -0.4 is 10.2 Å². The second-order valence-electron chi connectivity index (χ2n) is 10.9. The summed E-state index contributed by atoms with van der Waals surface area (Å²) in [6.45, 7) is 9.17. The maximum Gasteiger partial charge on any atom is 0.408 e. The molecule has 2 aliphatic heterocycles. The summed E-state index contributed by atoms with van der Waals surface area (Å²) in [5, 5.41) is 3.41. The molecule has 2 aromatic rings. The number of ether oxygens (including phenoxy) is 1. The number of hydrogen-bond donors (Lipinski definition) is 1. The van der Waals surface area contributed by atoms with Crippen LogP contribution in [-0.4, -0.2) is 72.1 Å². The first kappa shape index (κ1) is 27.8. The number of nitrogens with one attached hydrogen (secondary N) is 1. The minimum Gasteiger partial charge on any atom is -0.444 e. The highest BCUT2D eigenvalue weighted by Gasteiger charge is 2.31. The van der Waals surface area contributed by atoms with E-state index in [1.54, 1.807) is 37.8 Å². The number of amides is 3. The molecule has 38 heavy (non-hydrogen) atoms. The van der Waals surface area contributed by atoms with Gasteiger partial charge in [-0.3, -0.25) is 9.59 Å². The van der Waals surface area contributed by atoms with Gasteiger partial charge in [0.15, 0.2) is 0 Å². The number of alkyl carbamates (subject to hydrolysis) is 1. The van der Waals surface area contributed by atoms with E-state index in [9.17, 15) is 14.4 Å². The lowest BCUT2D eigenvalue weighted by atomic mass is 10.0. The van der Waals surface area contributed by atoms with Gasteiger partial charge in [-0.05, 0) is 56.5 Å². The Morgan fingerprint density at radius 3 is 2.32 bits per heavy atom. The van der Waals surface area contributed by atoms with Gasteiger partial charge >= 0.3 is 6.09 Å². The Bertz CT molecular complexity index is 1140. The lowest BCUT2D eigenvalue weighted by molar-refractivity contribution is -0.133. The summed E-state index contributed by atoms with van der Waals surface area (Å²) in [6, 6.07) is 14.7. The zero-order valence-electron chi connectivity index (χ0n) is 22.4. The molecule has 1 atom stereocenters. The Morgan fingerprint density at radius 2 is 1.68 bits per heavy atom. The molecule has 2 fully saturated rings. The van der Waals surface area contributed by atoms with Crippen LogP contribution in [0.1, 0.15) is 44.7 Å². The number of likely N-dealkylation sites (tertiary alicyclic amines) is 1. The number of halogens is 1. The van der Waals surface area contributed by atoms with E-state index in [4.69, 9.17) is 16.3 Å². The van der Waals surface area contributed by atoms with Crippen molar-refractivity contribution in [3.63, 3.8) is 0 Å². The van der Waals surface area contributed by atoms with Crippen molar-refractivity contribution in [1.29, 1.82) is 0 Å². The van der Waals surface area contributed by atoms with Gasteiger partial charge in [0.25, 0.3) is 0 Å². The van der Waals surface area contributed by atoms with Crippen molar-refractivity contribution in [3.8, 4) is 0 Å². The van der Waals surface area contributed by atoms with E-state index in [1.807, 2.05) is 29.2 Å². The Balaban J connectivity index is 1.42. The smallest absolute Gasteiger partial charge is 0.408 e. The monoisotopic (exact) mass is 540 g/mol. The maximum absolute atomic E-state index is 13.6. The highest BCUT2D eigenvalue weighted by atomic mass is 35.5. The molecule has 0 saturated carbocycles. The molecule has 2 saturated heterocycles. The van der Waals surface area contributed by atoms with Crippen molar-refractivity contribution < 1.29 is 19.1 Å². The van der Waals surface area contributed by atoms with Gasteiger partial charge in [-0.1, -0.05) is 41.9 Å². The number of nitrogens with zero attached hydrogens (tertiary/aromatic N) is 3. The number of rotatable bonds is 7. The van der Waals surface area contributed by atoms with Crippen LogP contribution in [0.4, 0.5) is 10.5 Å². The summed E-state index contributed by atoms with van der Waals surface area (Å²) < 4.78 is 5.43. The first-order valence-electron chi connectivity index (χ1n) is 13.2. The number of benzene rings is 2. The van der Waals surface area contributed by atoms with Crippen molar-refractivity contribution in [1.82, 2.24) is 15.1 Å². The third-order valence-corrected chi connectivity index (χ3v) is 7.05. The van der Waals surface area contributed by atoms with Gasteiger partial charge < -0.3 is 24.8 Å². The van der Waals surface area contributed by atoms with Gasteiger partial charge in [-0.15, -0.1) is 0 Å². The molecule has 9 heteroatoms. The van der Waals surface area contributed by atoms with Crippen LogP contribution in [0.5, 0.6) is 0 Å². The standard InChI is InChI=1S/C29H37ClN4O4/c1-29(2,3)38-28(37)31-24(19-21-10-12-23(30)13-11-21)27(36)33-17-15-32(16-18-33)25-8-5-4-7-22(25)20-34-14-6-9-26(34)35/h4-5,7-8,10-13,24H,6,9,14-20H2,1-3H3,(H,31,37)/t24-/m0/s1. The third kappa shape index (κ3) is 7.40. The zero-order chi connectivity index (χ0) is 27.3. The van der Waals surface area contributed by atoms with Gasteiger partial charge in [-0.25, -0.2) is 4.79 Å². The van der Waals surface area contributed by atoms with Crippen LogP contribution in [0.3, 0.4) is 0 Å². The third-order valence-electron chi connectivity index (χ3n) is 6.80. The van der Waals surface area contributed by atoms with Gasteiger partial charge in [-0.2, -0.15) is 0 Å². The fourth-order valence-corrected chi connectivity index (χ4v) is 5.05. The molecule has 3 amide bonds. The van der Waals surface area contributed by atoms with E-state index in [0.29, 0.717) is 50.6 Å². The first-order chi connectivity index (χ1) is 18.1. The topological polar surface area (TPSA) is 82.2 Å². The van der Waals surface area contributed by atoms with E-state index in [0.717, 1.165) is 29.8 Å². The molecule has 0 radical (unpaired) electrons. The van der Waals surface area contributed by atoms with Crippen molar-refractivity contribution >= 4 is 35.2 Å². The fraction of sp³-hybridized carbons (Fsp3) is 0.483. The largest absolute Gasteiger partial charge is 0.444 e. The SMILES string of the molecule is CC(C)(C)OC(=O)N[C@@H](Cc1ccc(Cl)cc1)C(=O)N1CCN(c2ccccc2CN2CCCC2=O)CC1. The van der Waals surface area contributed by atoms with Crippen molar-refractivity contribution in [2.75, 3.05) is 37.6 Å². The molecule has 2 aromatic carbocycles. The number of para-hydroxylation sites is 1. The lowest BCUT2D eigenvalue weighted by Gasteiger charge is -2.38. The average molecular weight is 541 g/mol. The lowest BCUT2D eigenvalue weighted by Crippen LogP contribution is -2.56. The molecule has 8 nitrogen and oxygen atoms in total. The van der Waals surface area contributed by atoms with Crippen LogP contribution in [0.15, 0.2) is 48.5 Å². The van der Waals surface area contributed by atoms with Crippen molar-refractivity contribution in [3.05, 3.63) is 64.7 Å². The summed E-state index contributed by atoms with van der Waals surface area (Å²) in [5.41, 5.74) is 2.45. The molecular weight excluding hydrogens is 504 g/mol. The number of piperazine rings is 1. The van der Waals surface area contributed by atoms with Gasteiger partial charge in [0.05, 0.1) is 0 Å². The quantitative estimate of drug-likeness (QED) is 0.568.